The Morgan fingerprint density at radius 3 is 2.50 bits per heavy atom. The summed E-state index contributed by atoms with van der Waals surface area (Å²) in [6.45, 7) is 2.17. The molecule has 0 rings (SSSR count). The van der Waals surface area contributed by atoms with E-state index in [0.29, 0.717) is 6.42 Å². The highest BCUT2D eigenvalue weighted by molar-refractivity contribution is 5.68. The Hall–Kier alpha value is -1.09. The fraction of sp³-hybridized carbons (Fsp3) is 0.737. The molecule has 0 heterocycles. The number of allylic oxidation sites excluding steroid dienone is 3. The molecule has 0 aromatic rings. The maximum atomic E-state index is 10.9. The van der Waals surface area contributed by atoms with E-state index in [1.807, 2.05) is 18.2 Å². The zero-order chi connectivity index (χ0) is 16.5. The zero-order valence-electron chi connectivity index (χ0n) is 14.4. The maximum absolute atomic E-state index is 10.9. The van der Waals surface area contributed by atoms with Gasteiger partial charge in [0, 0.05) is 6.42 Å². The van der Waals surface area contributed by atoms with Crippen molar-refractivity contribution in [2.75, 3.05) is 7.11 Å². The second-order valence-corrected chi connectivity index (χ2v) is 5.76. The summed E-state index contributed by atoms with van der Waals surface area (Å²) in [6.07, 6.45) is 19.3. The van der Waals surface area contributed by atoms with Crippen molar-refractivity contribution in [3.05, 3.63) is 24.3 Å². The van der Waals surface area contributed by atoms with E-state index < -0.39 is 0 Å². The van der Waals surface area contributed by atoms with Gasteiger partial charge in [0.05, 0.1) is 13.2 Å². The van der Waals surface area contributed by atoms with E-state index in [0.717, 1.165) is 32.1 Å². The first-order valence-corrected chi connectivity index (χ1v) is 8.79. The average Bonchev–Trinajstić information content (AvgIpc) is 2.52. The zero-order valence-corrected chi connectivity index (χ0v) is 14.4. The van der Waals surface area contributed by atoms with Gasteiger partial charge in [-0.15, -0.1) is 0 Å². The molecule has 0 spiro atoms. The van der Waals surface area contributed by atoms with E-state index >= 15 is 0 Å². The lowest BCUT2D eigenvalue weighted by molar-refractivity contribution is -0.140. The lowest BCUT2D eigenvalue weighted by Gasteiger charge is -2.03. The van der Waals surface area contributed by atoms with E-state index in [9.17, 15) is 9.90 Å². The van der Waals surface area contributed by atoms with Gasteiger partial charge in [0.1, 0.15) is 0 Å². The highest BCUT2D eigenvalue weighted by Crippen LogP contribution is 2.08. The summed E-state index contributed by atoms with van der Waals surface area (Å²) in [7, 11) is 1.44. The van der Waals surface area contributed by atoms with Crippen LogP contribution in [-0.2, 0) is 9.53 Å². The van der Waals surface area contributed by atoms with Crippen LogP contribution in [0.1, 0.15) is 77.6 Å². The molecule has 3 heteroatoms. The van der Waals surface area contributed by atoms with Crippen LogP contribution in [-0.4, -0.2) is 24.3 Å². The molecule has 0 fully saturated rings. The quantitative estimate of drug-likeness (QED) is 0.281. The van der Waals surface area contributed by atoms with Crippen LogP contribution >= 0.6 is 0 Å². The summed E-state index contributed by atoms with van der Waals surface area (Å²) in [5, 5.41) is 9.70. The third-order valence-corrected chi connectivity index (χ3v) is 3.66. The minimum atomic E-state index is -0.300. The van der Waals surface area contributed by atoms with Crippen molar-refractivity contribution in [1.29, 1.82) is 0 Å². The molecule has 0 amide bonds. The van der Waals surface area contributed by atoms with E-state index in [2.05, 4.69) is 17.7 Å². The van der Waals surface area contributed by atoms with Crippen molar-refractivity contribution >= 4 is 5.97 Å². The molecule has 0 aromatic heterocycles. The SMILES string of the molecule is CCCCC[C@@H](O)/C=C/C=C/CCCCCCCC(=O)OC. The molecule has 0 aromatic carbocycles. The van der Waals surface area contributed by atoms with E-state index in [4.69, 9.17) is 0 Å². The van der Waals surface area contributed by atoms with Gasteiger partial charge in [-0.2, -0.15) is 0 Å². The van der Waals surface area contributed by atoms with Crippen LogP contribution in [0.25, 0.3) is 0 Å². The van der Waals surface area contributed by atoms with Crippen molar-refractivity contribution in [2.24, 2.45) is 0 Å². The fourth-order valence-electron chi connectivity index (χ4n) is 2.23. The van der Waals surface area contributed by atoms with Crippen LogP contribution in [0.15, 0.2) is 24.3 Å². The number of rotatable bonds is 14. The van der Waals surface area contributed by atoms with Crippen molar-refractivity contribution in [2.45, 2.75) is 83.7 Å². The second-order valence-electron chi connectivity index (χ2n) is 5.76. The van der Waals surface area contributed by atoms with Gasteiger partial charge in [-0.25, -0.2) is 0 Å². The van der Waals surface area contributed by atoms with Gasteiger partial charge >= 0.3 is 5.97 Å². The molecular formula is C19H34O3. The van der Waals surface area contributed by atoms with Crippen molar-refractivity contribution in [3.63, 3.8) is 0 Å². The number of aliphatic hydroxyl groups is 1. The second kappa shape index (κ2) is 16.3. The summed E-state index contributed by atoms with van der Waals surface area (Å²) in [6, 6.07) is 0. The molecule has 128 valence electrons. The number of aliphatic hydroxyl groups excluding tert-OH is 1. The van der Waals surface area contributed by atoms with Gasteiger partial charge in [0.2, 0.25) is 0 Å². The van der Waals surface area contributed by atoms with Crippen molar-refractivity contribution in [1.82, 2.24) is 0 Å². The Balaban J connectivity index is 3.38. The number of unbranched alkanes of at least 4 members (excludes halogenated alkanes) is 7. The van der Waals surface area contributed by atoms with Crippen LogP contribution < -0.4 is 0 Å². The predicted octanol–water partition coefficient (Wildman–Crippen LogP) is 4.94. The van der Waals surface area contributed by atoms with Crippen molar-refractivity contribution < 1.29 is 14.6 Å². The van der Waals surface area contributed by atoms with E-state index in [1.54, 1.807) is 0 Å². The maximum Gasteiger partial charge on any atom is 0.305 e. The van der Waals surface area contributed by atoms with Gasteiger partial charge in [-0.05, 0) is 25.7 Å². The lowest BCUT2D eigenvalue weighted by Crippen LogP contribution is -2.00. The predicted molar refractivity (Wildman–Crippen MR) is 92.8 cm³/mol. The Bertz CT molecular complexity index is 308. The summed E-state index contributed by atoms with van der Waals surface area (Å²) >= 11 is 0. The Labute approximate surface area is 136 Å². The van der Waals surface area contributed by atoms with E-state index in [-0.39, 0.29) is 12.1 Å². The molecule has 1 N–H and O–H groups in total. The molecule has 0 aliphatic carbocycles. The monoisotopic (exact) mass is 310 g/mol. The molecule has 1 atom stereocenters. The van der Waals surface area contributed by atoms with Crippen molar-refractivity contribution in [3.8, 4) is 0 Å². The largest absolute Gasteiger partial charge is 0.469 e. The summed E-state index contributed by atoms with van der Waals surface area (Å²) < 4.78 is 4.60. The van der Waals surface area contributed by atoms with Crippen LogP contribution in [0.3, 0.4) is 0 Å². The van der Waals surface area contributed by atoms with Crippen LogP contribution in [0, 0.1) is 0 Å². The Morgan fingerprint density at radius 2 is 1.77 bits per heavy atom. The standard InChI is InChI=1S/C19H34O3/c1-3-4-12-15-18(20)16-13-10-8-6-5-7-9-11-14-17-19(21)22-2/h8,10,13,16,18,20H,3-7,9,11-12,14-15,17H2,1-2H3/b10-8+,16-13+/t18-/m1/s1. The van der Waals surface area contributed by atoms with Gasteiger partial charge in [-0.1, -0.05) is 69.8 Å². The molecule has 0 saturated carbocycles. The third kappa shape index (κ3) is 15.3. The number of hydrogen-bond acceptors (Lipinski definition) is 3. The normalized spacial score (nSPS) is 13.0. The number of carbonyl (C=O) groups is 1. The molecule has 0 aliphatic rings. The number of ether oxygens (including phenoxy) is 1. The first-order chi connectivity index (χ1) is 10.7. The Morgan fingerprint density at radius 1 is 1.05 bits per heavy atom. The average molecular weight is 310 g/mol. The number of hydrogen-bond donors (Lipinski definition) is 1. The number of esters is 1. The minimum Gasteiger partial charge on any atom is -0.469 e. The Kier molecular flexibility index (Phi) is 15.5. The molecule has 0 bridgehead atoms. The fourth-order valence-corrected chi connectivity index (χ4v) is 2.23. The highest BCUT2D eigenvalue weighted by atomic mass is 16.5. The summed E-state index contributed by atoms with van der Waals surface area (Å²) in [4.78, 5) is 10.9. The molecule has 0 saturated heterocycles. The van der Waals surface area contributed by atoms with E-state index in [1.165, 1.54) is 39.2 Å². The summed E-state index contributed by atoms with van der Waals surface area (Å²) in [5.74, 6) is -0.105. The van der Waals surface area contributed by atoms with Crippen LogP contribution in [0.2, 0.25) is 0 Å². The van der Waals surface area contributed by atoms with Gasteiger partial charge in [0.25, 0.3) is 0 Å². The topological polar surface area (TPSA) is 46.5 Å². The smallest absolute Gasteiger partial charge is 0.305 e. The minimum absolute atomic E-state index is 0.105. The lowest BCUT2D eigenvalue weighted by atomic mass is 10.1. The molecule has 3 nitrogen and oxygen atoms in total. The van der Waals surface area contributed by atoms with Gasteiger partial charge < -0.3 is 9.84 Å². The summed E-state index contributed by atoms with van der Waals surface area (Å²) in [5.41, 5.74) is 0. The molecule has 0 aliphatic heterocycles. The number of carbonyl (C=O) groups excluding carboxylic acids is 1. The molecule has 0 radical (unpaired) electrons. The molecule has 0 unspecified atom stereocenters. The first kappa shape index (κ1) is 20.9. The van der Waals surface area contributed by atoms with Gasteiger partial charge in [0.15, 0.2) is 0 Å². The first-order valence-electron chi connectivity index (χ1n) is 8.79. The molecular weight excluding hydrogens is 276 g/mol. The van der Waals surface area contributed by atoms with Crippen LogP contribution in [0.5, 0.6) is 0 Å². The third-order valence-electron chi connectivity index (χ3n) is 3.66. The van der Waals surface area contributed by atoms with Crippen LogP contribution in [0.4, 0.5) is 0 Å². The number of methoxy groups -OCH3 is 1. The molecule has 22 heavy (non-hydrogen) atoms. The highest BCUT2D eigenvalue weighted by Gasteiger charge is 1.98. The van der Waals surface area contributed by atoms with Gasteiger partial charge in [-0.3, -0.25) is 4.79 Å².